The Labute approximate surface area is 109 Å². The van der Waals surface area contributed by atoms with Gasteiger partial charge in [-0.15, -0.1) is 11.8 Å². The molecule has 17 heavy (non-hydrogen) atoms. The van der Waals surface area contributed by atoms with Gasteiger partial charge in [-0.05, 0) is 29.4 Å². The lowest BCUT2D eigenvalue weighted by Gasteiger charge is -2.21. The van der Waals surface area contributed by atoms with Crippen molar-refractivity contribution in [2.75, 3.05) is 11.5 Å². The van der Waals surface area contributed by atoms with Crippen LogP contribution in [0.2, 0.25) is 0 Å². The third kappa shape index (κ3) is 4.84. The Balaban J connectivity index is 2.74. The quantitative estimate of drug-likeness (QED) is 0.613. The molecule has 0 N–H and O–H groups in total. The van der Waals surface area contributed by atoms with Crippen LogP contribution in [-0.4, -0.2) is 11.5 Å². The molecule has 0 radical (unpaired) electrons. The largest absolute Gasteiger partial charge is 0.416 e. The van der Waals surface area contributed by atoms with Gasteiger partial charge in [0, 0.05) is 10.6 Å². The molecule has 0 amide bonds. The molecule has 0 aliphatic carbocycles. The van der Waals surface area contributed by atoms with Crippen molar-refractivity contribution in [3.63, 3.8) is 0 Å². The number of thiol groups is 1. The van der Waals surface area contributed by atoms with Gasteiger partial charge in [-0.3, -0.25) is 0 Å². The zero-order valence-electron chi connectivity index (χ0n) is 9.71. The van der Waals surface area contributed by atoms with Gasteiger partial charge in [0.05, 0.1) is 5.56 Å². The number of rotatable bonds is 4. The fourth-order valence-electron chi connectivity index (χ4n) is 1.09. The summed E-state index contributed by atoms with van der Waals surface area (Å²) in [4.78, 5) is 0.648. The topological polar surface area (TPSA) is 0 Å². The molecule has 0 aromatic heterocycles. The van der Waals surface area contributed by atoms with Gasteiger partial charge in [-0.2, -0.15) is 25.8 Å². The number of hydrogen-bond donors (Lipinski definition) is 1. The molecular weight excluding hydrogens is 265 g/mol. The first kappa shape index (κ1) is 14.8. The smallest absolute Gasteiger partial charge is 0.179 e. The molecule has 0 fully saturated rings. The van der Waals surface area contributed by atoms with E-state index in [-0.39, 0.29) is 5.41 Å². The second-order valence-corrected chi connectivity index (χ2v) is 6.00. The summed E-state index contributed by atoms with van der Waals surface area (Å²) < 4.78 is 37.5. The fourth-order valence-corrected chi connectivity index (χ4v) is 2.39. The van der Waals surface area contributed by atoms with Crippen LogP contribution in [-0.2, 0) is 6.18 Å². The summed E-state index contributed by atoms with van der Waals surface area (Å²) in [6.45, 7) is 4.08. The highest BCUT2D eigenvalue weighted by atomic mass is 32.2. The Bertz CT molecular complexity index is 372. The first-order valence-electron chi connectivity index (χ1n) is 5.15. The van der Waals surface area contributed by atoms with Crippen molar-refractivity contribution in [3.8, 4) is 0 Å². The molecule has 0 aliphatic heterocycles. The zero-order valence-corrected chi connectivity index (χ0v) is 11.4. The van der Waals surface area contributed by atoms with Crippen LogP contribution in [0.3, 0.4) is 0 Å². The summed E-state index contributed by atoms with van der Waals surface area (Å²) in [6.07, 6.45) is -4.27. The summed E-state index contributed by atoms with van der Waals surface area (Å²) >= 11 is 5.65. The van der Waals surface area contributed by atoms with Gasteiger partial charge in [0.1, 0.15) is 0 Å². The Hall–Kier alpha value is -0.290. The zero-order chi connectivity index (χ0) is 13.1. The van der Waals surface area contributed by atoms with Crippen molar-refractivity contribution < 1.29 is 13.2 Å². The van der Waals surface area contributed by atoms with Crippen LogP contribution in [0.5, 0.6) is 0 Å². The van der Waals surface area contributed by atoms with Crippen LogP contribution < -0.4 is 0 Å². The van der Waals surface area contributed by atoms with Gasteiger partial charge in [0.2, 0.25) is 0 Å². The summed E-state index contributed by atoms with van der Waals surface area (Å²) in [5.74, 6) is 1.46. The van der Waals surface area contributed by atoms with E-state index in [9.17, 15) is 13.2 Å². The molecule has 0 aliphatic rings. The van der Waals surface area contributed by atoms with Crippen molar-refractivity contribution in [2.24, 2.45) is 5.41 Å². The highest BCUT2D eigenvalue weighted by molar-refractivity contribution is 7.99. The predicted octanol–water partition coefficient (Wildman–Crippen LogP) is 4.75. The van der Waals surface area contributed by atoms with E-state index < -0.39 is 11.7 Å². The number of thioether (sulfide) groups is 1. The van der Waals surface area contributed by atoms with Gasteiger partial charge < -0.3 is 0 Å². The Morgan fingerprint density at radius 1 is 1.24 bits per heavy atom. The molecule has 0 atom stereocenters. The summed E-state index contributed by atoms with van der Waals surface area (Å²) in [5, 5.41) is 0. The molecule has 0 spiro atoms. The third-order valence-corrected chi connectivity index (χ3v) is 4.59. The van der Waals surface area contributed by atoms with Crippen molar-refractivity contribution in [3.05, 3.63) is 29.8 Å². The van der Waals surface area contributed by atoms with Gasteiger partial charge in [-0.25, -0.2) is 0 Å². The Morgan fingerprint density at radius 2 is 1.88 bits per heavy atom. The molecule has 0 saturated carbocycles. The second-order valence-electron chi connectivity index (χ2n) is 4.64. The standard InChI is InChI=1S/C12H15F3S2/c1-11(2,7-16)8-17-10-5-3-4-9(6-10)12(13,14)15/h3-6,16H,7-8H2,1-2H3. The Kier molecular flexibility index (Phi) is 4.84. The maximum atomic E-state index is 12.5. The third-order valence-electron chi connectivity index (χ3n) is 2.22. The van der Waals surface area contributed by atoms with Crippen molar-refractivity contribution in [1.82, 2.24) is 0 Å². The summed E-state index contributed by atoms with van der Waals surface area (Å²) in [6, 6.07) is 5.43. The molecule has 1 rings (SSSR count). The van der Waals surface area contributed by atoms with Gasteiger partial charge in [0.25, 0.3) is 0 Å². The highest BCUT2D eigenvalue weighted by Crippen LogP contribution is 2.33. The maximum absolute atomic E-state index is 12.5. The molecule has 0 bridgehead atoms. The predicted molar refractivity (Wildman–Crippen MR) is 69.8 cm³/mol. The number of hydrogen-bond acceptors (Lipinski definition) is 2. The van der Waals surface area contributed by atoms with Crippen molar-refractivity contribution >= 4 is 24.4 Å². The monoisotopic (exact) mass is 280 g/mol. The van der Waals surface area contributed by atoms with Crippen LogP contribution in [0.25, 0.3) is 0 Å². The average molecular weight is 280 g/mol. The minimum atomic E-state index is -4.27. The van der Waals surface area contributed by atoms with Crippen LogP contribution in [0.15, 0.2) is 29.2 Å². The first-order valence-corrected chi connectivity index (χ1v) is 6.77. The molecule has 0 unspecified atom stereocenters. The lowest BCUT2D eigenvalue weighted by molar-refractivity contribution is -0.137. The average Bonchev–Trinajstić information content (AvgIpc) is 2.26. The minimum Gasteiger partial charge on any atom is -0.179 e. The van der Waals surface area contributed by atoms with E-state index >= 15 is 0 Å². The van der Waals surface area contributed by atoms with Crippen molar-refractivity contribution in [2.45, 2.75) is 24.9 Å². The van der Waals surface area contributed by atoms with E-state index in [4.69, 9.17) is 0 Å². The highest BCUT2D eigenvalue weighted by Gasteiger charge is 2.30. The summed E-state index contributed by atoms with van der Waals surface area (Å²) in [5.41, 5.74) is -0.576. The van der Waals surface area contributed by atoms with E-state index in [0.29, 0.717) is 10.6 Å². The number of halogens is 3. The minimum absolute atomic E-state index is 0.0159. The molecule has 0 saturated heterocycles. The van der Waals surface area contributed by atoms with E-state index in [1.807, 2.05) is 13.8 Å². The van der Waals surface area contributed by atoms with Crippen LogP contribution in [0, 0.1) is 5.41 Å². The van der Waals surface area contributed by atoms with E-state index in [1.54, 1.807) is 6.07 Å². The molecule has 96 valence electrons. The molecule has 1 aromatic rings. The molecule has 0 nitrogen and oxygen atoms in total. The Morgan fingerprint density at radius 3 is 2.41 bits per heavy atom. The summed E-state index contributed by atoms with van der Waals surface area (Å²) in [7, 11) is 0. The lowest BCUT2D eigenvalue weighted by Crippen LogP contribution is -2.16. The molecular formula is C12H15F3S2. The van der Waals surface area contributed by atoms with E-state index in [0.717, 1.165) is 11.8 Å². The van der Waals surface area contributed by atoms with Crippen LogP contribution >= 0.6 is 24.4 Å². The molecule has 1 aromatic carbocycles. The van der Waals surface area contributed by atoms with Gasteiger partial charge in [0.15, 0.2) is 0 Å². The SMILES string of the molecule is CC(C)(CS)CSc1cccc(C(F)(F)F)c1. The second kappa shape index (κ2) is 5.57. The van der Waals surface area contributed by atoms with Gasteiger partial charge in [-0.1, -0.05) is 19.9 Å². The van der Waals surface area contributed by atoms with E-state index in [1.165, 1.54) is 23.9 Å². The molecule has 0 heterocycles. The number of benzene rings is 1. The maximum Gasteiger partial charge on any atom is 0.416 e. The van der Waals surface area contributed by atoms with E-state index in [2.05, 4.69) is 12.6 Å². The fraction of sp³-hybridized carbons (Fsp3) is 0.500. The molecule has 5 heteroatoms. The lowest BCUT2D eigenvalue weighted by atomic mass is 10.0. The number of alkyl halides is 3. The normalized spacial score (nSPS) is 12.8. The van der Waals surface area contributed by atoms with Gasteiger partial charge >= 0.3 is 6.18 Å². The van der Waals surface area contributed by atoms with Crippen LogP contribution in [0.1, 0.15) is 19.4 Å². The first-order chi connectivity index (χ1) is 7.74. The van der Waals surface area contributed by atoms with Crippen LogP contribution in [0.4, 0.5) is 13.2 Å². The van der Waals surface area contributed by atoms with Crippen molar-refractivity contribution in [1.29, 1.82) is 0 Å².